The van der Waals surface area contributed by atoms with Crippen LogP contribution in [0, 0.1) is 12.3 Å². The number of aryl methyl sites for hydroxylation is 1. The van der Waals surface area contributed by atoms with E-state index in [4.69, 9.17) is 11.1 Å². The first-order valence-corrected chi connectivity index (χ1v) is 5.61. The standard InChI is InChI=1S/C12H19FN4/c1-9-3-5-10(6-4-9)11(13)16-7-2-8-17-12(14)15/h3-6,11,16H,2,7-8H2,1H3,(H4,14,15,17). The second-order valence-corrected chi connectivity index (χ2v) is 3.92. The third kappa shape index (κ3) is 5.31. The monoisotopic (exact) mass is 238 g/mol. The van der Waals surface area contributed by atoms with Crippen LogP contribution in [0.2, 0.25) is 0 Å². The van der Waals surface area contributed by atoms with Gasteiger partial charge in [-0.1, -0.05) is 29.8 Å². The van der Waals surface area contributed by atoms with Gasteiger partial charge in [-0.2, -0.15) is 0 Å². The first-order valence-electron chi connectivity index (χ1n) is 5.61. The topological polar surface area (TPSA) is 73.9 Å². The lowest BCUT2D eigenvalue weighted by Gasteiger charge is -2.11. The molecule has 0 aliphatic carbocycles. The molecule has 0 saturated heterocycles. The van der Waals surface area contributed by atoms with E-state index in [0.29, 0.717) is 25.1 Å². The molecule has 94 valence electrons. The van der Waals surface area contributed by atoms with Gasteiger partial charge >= 0.3 is 0 Å². The SMILES string of the molecule is Cc1ccc(C(F)NCCCNC(=N)N)cc1. The lowest BCUT2D eigenvalue weighted by molar-refractivity contribution is 0.280. The van der Waals surface area contributed by atoms with Gasteiger partial charge in [-0.15, -0.1) is 0 Å². The van der Waals surface area contributed by atoms with E-state index in [0.717, 1.165) is 5.56 Å². The molecule has 0 radical (unpaired) electrons. The maximum absolute atomic E-state index is 13.7. The quantitative estimate of drug-likeness (QED) is 0.262. The number of alkyl halides is 1. The number of halogens is 1. The third-order valence-corrected chi connectivity index (χ3v) is 2.36. The van der Waals surface area contributed by atoms with E-state index in [1.807, 2.05) is 19.1 Å². The Labute approximate surface area is 101 Å². The van der Waals surface area contributed by atoms with Gasteiger partial charge in [0, 0.05) is 12.1 Å². The van der Waals surface area contributed by atoms with Gasteiger partial charge in [0.2, 0.25) is 0 Å². The Bertz CT molecular complexity index is 350. The molecule has 0 saturated carbocycles. The summed E-state index contributed by atoms with van der Waals surface area (Å²) >= 11 is 0. The van der Waals surface area contributed by atoms with Crippen molar-refractivity contribution < 1.29 is 4.39 Å². The summed E-state index contributed by atoms with van der Waals surface area (Å²) < 4.78 is 13.7. The molecule has 0 amide bonds. The molecule has 5 heteroatoms. The maximum atomic E-state index is 13.7. The van der Waals surface area contributed by atoms with Crippen LogP contribution in [-0.2, 0) is 0 Å². The minimum Gasteiger partial charge on any atom is -0.370 e. The second kappa shape index (κ2) is 6.85. The number of nitrogens with two attached hydrogens (primary N) is 1. The van der Waals surface area contributed by atoms with Crippen LogP contribution in [0.3, 0.4) is 0 Å². The van der Waals surface area contributed by atoms with Crippen molar-refractivity contribution >= 4 is 5.96 Å². The summed E-state index contributed by atoms with van der Waals surface area (Å²) in [5, 5.41) is 12.4. The van der Waals surface area contributed by atoms with Crippen molar-refractivity contribution in [2.75, 3.05) is 13.1 Å². The summed E-state index contributed by atoms with van der Waals surface area (Å²) in [6.07, 6.45) is -0.431. The summed E-state index contributed by atoms with van der Waals surface area (Å²) in [4.78, 5) is 0. The molecule has 0 aliphatic heterocycles. The van der Waals surface area contributed by atoms with Crippen LogP contribution in [0.1, 0.15) is 23.8 Å². The van der Waals surface area contributed by atoms with Crippen molar-refractivity contribution in [3.8, 4) is 0 Å². The summed E-state index contributed by atoms with van der Waals surface area (Å²) in [6.45, 7) is 3.08. The Hall–Kier alpha value is -1.62. The minimum absolute atomic E-state index is 0.0552. The van der Waals surface area contributed by atoms with E-state index in [1.54, 1.807) is 12.1 Å². The normalized spacial score (nSPS) is 12.1. The van der Waals surface area contributed by atoms with E-state index in [-0.39, 0.29) is 5.96 Å². The molecule has 1 aromatic rings. The van der Waals surface area contributed by atoms with E-state index in [1.165, 1.54) is 0 Å². The van der Waals surface area contributed by atoms with E-state index < -0.39 is 6.30 Å². The molecule has 0 bridgehead atoms. The summed E-state index contributed by atoms with van der Waals surface area (Å²) in [7, 11) is 0. The van der Waals surface area contributed by atoms with Gasteiger partial charge in [0.05, 0.1) is 0 Å². The third-order valence-electron chi connectivity index (χ3n) is 2.36. The van der Waals surface area contributed by atoms with Gasteiger partial charge in [0.1, 0.15) is 0 Å². The first-order chi connectivity index (χ1) is 8.09. The molecule has 4 nitrogen and oxygen atoms in total. The van der Waals surface area contributed by atoms with Gasteiger partial charge in [-0.25, -0.2) is 4.39 Å². The fourth-order valence-corrected chi connectivity index (χ4v) is 1.39. The van der Waals surface area contributed by atoms with E-state index >= 15 is 0 Å². The van der Waals surface area contributed by atoms with Crippen LogP contribution in [0.15, 0.2) is 24.3 Å². The number of benzene rings is 1. The second-order valence-electron chi connectivity index (χ2n) is 3.92. The summed E-state index contributed by atoms with van der Waals surface area (Å²) in [5.41, 5.74) is 6.87. The lowest BCUT2D eigenvalue weighted by atomic mass is 10.1. The van der Waals surface area contributed by atoms with Crippen molar-refractivity contribution in [1.29, 1.82) is 5.41 Å². The number of hydrogen-bond acceptors (Lipinski definition) is 2. The number of hydrogen-bond donors (Lipinski definition) is 4. The molecular weight excluding hydrogens is 219 g/mol. The Morgan fingerprint density at radius 1 is 1.35 bits per heavy atom. The number of rotatable bonds is 6. The molecule has 0 fully saturated rings. The highest BCUT2D eigenvalue weighted by atomic mass is 19.1. The van der Waals surface area contributed by atoms with Crippen molar-refractivity contribution in [3.63, 3.8) is 0 Å². The predicted molar refractivity (Wildman–Crippen MR) is 67.6 cm³/mol. The van der Waals surface area contributed by atoms with Crippen molar-refractivity contribution in [2.24, 2.45) is 5.73 Å². The predicted octanol–water partition coefficient (Wildman–Crippen LogP) is 1.43. The highest BCUT2D eigenvalue weighted by molar-refractivity contribution is 5.74. The van der Waals surface area contributed by atoms with Gasteiger partial charge < -0.3 is 11.1 Å². The average Bonchev–Trinajstić information content (AvgIpc) is 2.29. The van der Waals surface area contributed by atoms with Crippen LogP contribution in [0.4, 0.5) is 4.39 Å². The molecule has 1 aromatic carbocycles. The Balaban J connectivity index is 2.23. The van der Waals surface area contributed by atoms with Crippen LogP contribution in [0.25, 0.3) is 0 Å². The Morgan fingerprint density at radius 3 is 2.59 bits per heavy atom. The van der Waals surface area contributed by atoms with Crippen molar-refractivity contribution in [1.82, 2.24) is 10.6 Å². The Morgan fingerprint density at radius 2 is 2.00 bits per heavy atom. The van der Waals surface area contributed by atoms with Crippen LogP contribution >= 0.6 is 0 Å². The van der Waals surface area contributed by atoms with E-state index in [2.05, 4.69) is 10.6 Å². The first kappa shape index (κ1) is 13.4. The smallest absolute Gasteiger partial charge is 0.185 e. The van der Waals surface area contributed by atoms with Gasteiger partial charge in [-0.3, -0.25) is 10.7 Å². The van der Waals surface area contributed by atoms with Crippen LogP contribution in [0.5, 0.6) is 0 Å². The van der Waals surface area contributed by atoms with Gasteiger partial charge in [0.15, 0.2) is 12.3 Å². The maximum Gasteiger partial charge on any atom is 0.185 e. The zero-order valence-corrected chi connectivity index (χ0v) is 9.96. The largest absolute Gasteiger partial charge is 0.370 e. The number of nitrogens with one attached hydrogen (secondary N) is 3. The molecule has 0 aromatic heterocycles. The van der Waals surface area contributed by atoms with Crippen LogP contribution < -0.4 is 16.4 Å². The molecular formula is C12H19FN4. The van der Waals surface area contributed by atoms with E-state index in [9.17, 15) is 4.39 Å². The fourth-order valence-electron chi connectivity index (χ4n) is 1.39. The van der Waals surface area contributed by atoms with Gasteiger partial charge in [-0.05, 0) is 19.9 Å². The zero-order chi connectivity index (χ0) is 12.7. The molecule has 17 heavy (non-hydrogen) atoms. The van der Waals surface area contributed by atoms with Crippen molar-refractivity contribution in [3.05, 3.63) is 35.4 Å². The molecule has 5 N–H and O–H groups in total. The molecule has 0 heterocycles. The summed E-state index contributed by atoms with van der Waals surface area (Å²) in [5.74, 6) is -0.0552. The van der Waals surface area contributed by atoms with Gasteiger partial charge in [0.25, 0.3) is 0 Å². The number of guanidine groups is 1. The zero-order valence-electron chi connectivity index (χ0n) is 9.96. The summed E-state index contributed by atoms with van der Waals surface area (Å²) in [6, 6.07) is 7.34. The molecule has 0 spiro atoms. The molecule has 1 atom stereocenters. The van der Waals surface area contributed by atoms with Crippen molar-refractivity contribution in [2.45, 2.75) is 19.6 Å². The highest BCUT2D eigenvalue weighted by Crippen LogP contribution is 2.14. The fraction of sp³-hybridized carbons (Fsp3) is 0.417. The Kier molecular flexibility index (Phi) is 5.42. The lowest BCUT2D eigenvalue weighted by Crippen LogP contribution is -2.32. The average molecular weight is 238 g/mol. The molecule has 1 unspecified atom stereocenters. The minimum atomic E-state index is -1.15. The van der Waals surface area contributed by atoms with Crippen LogP contribution in [-0.4, -0.2) is 19.0 Å². The highest BCUT2D eigenvalue weighted by Gasteiger charge is 2.07. The molecule has 1 rings (SSSR count). The molecule has 0 aliphatic rings.